The summed E-state index contributed by atoms with van der Waals surface area (Å²) in [5.74, 6) is 1.54. The van der Waals surface area contributed by atoms with Crippen LogP contribution in [0.2, 0.25) is 0 Å². The Bertz CT molecular complexity index is 786. The maximum atomic E-state index is 4.28. The summed E-state index contributed by atoms with van der Waals surface area (Å²) in [6, 6.07) is 12.1. The van der Waals surface area contributed by atoms with Gasteiger partial charge in [-0.2, -0.15) is 0 Å². The van der Waals surface area contributed by atoms with E-state index in [-0.39, 0.29) is 0 Å². The van der Waals surface area contributed by atoms with Crippen LogP contribution in [0.25, 0.3) is 0 Å². The van der Waals surface area contributed by atoms with E-state index < -0.39 is 0 Å². The lowest BCUT2D eigenvalue weighted by molar-refractivity contribution is 1.07. The second-order valence-electron chi connectivity index (χ2n) is 5.45. The molecule has 3 rings (SSSR count). The van der Waals surface area contributed by atoms with Crippen molar-refractivity contribution in [2.45, 2.75) is 20.4 Å². The predicted octanol–water partition coefficient (Wildman–Crippen LogP) is 3.84. The van der Waals surface area contributed by atoms with E-state index in [1.807, 2.05) is 24.4 Å². The van der Waals surface area contributed by atoms with Crippen molar-refractivity contribution < 1.29 is 0 Å². The number of rotatable bonds is 5. The van der Waals surface area contributed by atoms with Crippen LogP contribution in [0, 0.1) is 13.8 Å². The third-order valence-corrected chi connectivity index (χ3v) is 3.51. The van der Waals surface area contributed by atoms with Gasteiger partial charge in [-0.15, -0.1) is 0 Å². The summed E-state index contributed by atoms with van der Waals surface area (Å²) in [5.41, 5.74) is 4.59. The molecule has 5 nitrogen and oxygen atoms in total. The minimum Gasteiger partial charge on any atom is -0.366 e. The van der Waals surface area contributed by atoms with Crippen LogP contribution in [-0.4, -0.2) is 15.0 Å². The third kappa shape index (κ3) is 4.03. The summed E-state index contributed by atoms with van der Waals surface area (Å²) in [6.07, 6.45) is 5.15. The first kappa shape index (κ1) is 15.0. The topological polar surface area (TPSA) is 62.7 Å². The third-order valence-electron chi connectivity index (χ3n) is 3.51. The highest BCUT2D eigenvalue weighted by Gasteiger charge is 2.02. The lowest BCUT2D eigenvalue weighted by atomic mass is 10.1. The van der Waals surface area contributed by atoms with Gasteiger partial charge in [-0.3, -0.25) is 4.98 Å². The molecule has 0 aliphatic rings. The smallest absolute Gasteiger partial charge is 0.135 e. The Labute approximate surface area is 135 Å². The Balaban J connectivity index is 1.69. The maximum absolute atomic E-state index is 4.28. The van der Waals surface area contributed by atoms with E-state index in [1.54, 1.807) is 12.5 Å². The molecule has 0 bridgehead atoms. The average Bonchev–Trinajstić information content (AvgIpc) is 2.57. The fourth-order valence-corrected chi connectivity index (χ4v) is 2.31. The van der Waals surface area contributed by atoms with Gasteiger partial charge in [0, 0.05) is 30.7 Å². The van der Waals surface area contributed by atoms with Gasteiger partial charge in [0.15, 0.2) is 0 Å². The Morgan fingerprint density at radius 2 is 1.87 bits per heavy atom. The predicted molar refractivity (Wildman–Crippen MR) is 92.8 cm³/mol. The van der Waals surface area contributed by atoms with Gasteiger partial charge in [-0.05, 0) is 37.1 Å². The molecule has 2 N–H and O–H groups in total. The van der Waals surface area contributed by atoms with Crippen molar-refractivity contribution >= 4 is 17.3 Å². The van der Waals surface area contributed by atoms with Crippen molar-refractivity contribution in [2.24, 2.45) is 0 Å². The Morgan fingerprint density at radius 3 is 2.65 bits per heavy atom. The summed E-state index contributed by atoms with van der Waals surface area (Å²) in [5, 5.41) is 6.61. The first-order valence-corrected chi connectivity index (χ1v) is 7.50. The number of anilines is 3. The van der Waals surface area contributed by atoms with Crippen molar-refractivity contribution in [3.8, 4) is 0 Å². The van der Waals surface area contributed by atoms with E-state index in [4.69, 9.17) is 0 Å². The van der Waals surface area contributed by atoms with E-state index >= 15 is 0 Å². The fraction of sp³-hybridized carbons (Fsp3) is 0.167. The molecule has 0 unspecified atom stereocenters. The molecule has 0 aliphatic carbocycles. The molecule has 0 fully saturated rings. The van der Waals surface area contributed by atoms with E-state index in [1.165, 1.54) is 11.1 Å². The van der Waals surface area contributed by atoms with Gasteiger partial charge in [0.2, 0.25) is 0 Å². The summed E-state index contributed by atoms with van der Waals surface area (Å²) in [4.78, 5) is 12.6. The number of nitrogens with one attached hydrogen (secondary N) is 2. The summed E-state index contributed by atoms with van der Waals surface area (Å²) in [6.45, 7) is 4.84. The first-order valence-electron chi connectivity index (χ1n) is 7.50. The van der Waals surface area contributed by atoms with Gasteiger partial charge >= 0.3 is 0 Å². The van der Waals surface area contributed by atoms with Crippen LogP contribution >= 0.6 is 0 Å². The largest absolute Gasteiger partial charge is 0.366 e. The molecular formula is C18H19N5. The number of aryl methyl sites for hydroxylation is 2. The molecule has 23 heavy (non-hydrogen) atoms. The number of hydrogen-bond acceptors (Lipinski definition) is 5. The van der Waals surface area contributed by atoms with Crippen LogP contribution in [0.15, 0.2) is 55.1 Å². The Hall–Kier alpha value is -2.95. The van der Waals surface area contributed by atoms with E-state index in [0.29, 0.717) is 6.54 Å². The van der Waals surface area contributed by atoms with Crippen LogP contribution in [-0.2, 0) is 6.54 Å². The second-order valence-corrected chi connectivity index (χ2v) is 5.45. The van der Waals surface area contributed by atoms with Crippen LogP contribution in [0.5, 0.6) is 0 Å². The quantitative estimate of drug-likeness (QED) is 0.750. The van der Waals surface area contributed by atoms with Crippen LogP contribution in [0.3, 0.4) is 0 Å². The van der Waals surface area contributed by atoms with Crippen molar-refractivity contribution in [1.82, 2.24) is 15.0 Å². The molecule has 5 heteroatoms. The SMILES string of the molecule is Cc1ccc(Nc2cc(NCc3cccnc3)ncn2)c(C)c1. The summed E-state index contributed by atoms with van der Waals surface area (Å²) in [7, 11) is 0. The molecule has 0 saturated carbocycles. The molecule has 2 heterocycles. The number of aromatic nitrogens is 3. The minimum absolute atomic E-state index is 0.674. The lowest BCUT2D eigenvalue weighted by Crippen LogP contribution is -2.03. The molecule has 0 spiro atoms. The summed E-state index contributed by atoms with van der Waals surface area (Å²) < 4.78 is 0. The molecule has 116 valence electrons. The number of benzene rings is 1. The highest BCUT2D eigenvalue weighted by Crippen LogP contribution is 2.21. The van der Waals surface area contributed by atoms with E-state index in [2.05, 4.69) is 57.6 Å². The lowest BCUT2D eigenvalue weighted by Gasteiger charge is -2.11. The van der Waals surface area contributed by atoms with Crippen LogP contribution in [0.4, 0.5) is 17.3 Å². The van der Waals surface area contributed by atoms with Gasteiger partial charge in [-0.25, -0.2) is 9.97 Å². The summed E-state index contributed by atoms with van der Waals surface area (Å²) >= 11 is 0. The van der Waals surface area contributed by atoms with Crippen molar-refractivity contribution in [3.05, 3.63) is 71.8 Å². The van der Waals surface area contributed by atoms with Crippen molar-refractivity contribution in [1.29, 1.82) is 0 Å². The highest BCUT2D eigenvalue weighted by molar-refractivity contribution is 5.62. The zero-order valence-corrected chi connectivity index (χ0v) is 13.2. The van der Waals surface area contributed by atoms with E-state index in [9.17, 15) is 0 Å². The highest BCUT2D eigenvalue weighted by atomic mass is 15.1. The second kappa shape index (κ2) is 6.87. The molecule has 0 saturated heterocycles. The average molecular weight is 305 g/mol. The number of hydrogen-bond donors (Lipinski definition) is 2. The molecule has 0 amide bonds. The van der Waals surface area contributed by atoms with Crippen LogP contribution in [0.1, 0.15) is 16.7 Å². The fourth-order valence-electron chi connectivity index (χ4n) is 2.31. The van der Waals surface area contributed by atoms with Crippen LogP contribution < -0.4 is 10.6 Å². The van der Waals surface area contributed by atoms with Gasteiger partial charge < -0.3 is 10.6 Å². The zero-order valence-electron chi connectivity index (χ0n) is 13.2. The van der Waals surface area contributed by atoms with Gasteiger partial charge in [0.25, 0.3) is 0 Å². The molecule has 0 atom stereocenters. The van der Waals surface area contributed by atoms with Gasteiger partial charge in [0.1, 0.15) is 18.0 Å². The van der Waals surface area contributed by atoms with Gasteiger partial charge in [-0.1, -0.05) is 23.8 Å². The normalized spacial score (nSPS) is 10.3. The van der Waals surface area contributed by atoms with Crippen molar-refractivity contribution in [2.75, 3.05) is 10.6 Å². The molecule has 0 aliphatic heterocycles. The molecule has 0 radical (unpaired) electrons. The maximum Gasteiger partial charge on any atom is 0.135 e. The number of nitrogens with zero attached hydrogens (tertiary/aromatic N) is 3. The van der Waals surface area contributed by atoms with E-state index in [0.717, 1.165) is 22.9 Å². The zero-order chi connectivity index (χ0) is 16.1. The number of pyridine rings is 1. The first-order chi connectivity index (χ1) is 11.2. The van der Waals surface area contributed by atoms with Crippen molar-refractivity contribution in [3.63, 3.8) is 0 Å². The standard InChI is InChI=1S/C18H19N5/c1-13-5-6-16(14(2)8-13)23-18-9-17(21-12-22-18)20-11-15-4-3-7-19-10-15/h3-10,12H,11H2,1-2H3,(H2,20,21,22,23). The molecule has 2 aromatic heterocycles. The Morgan fingerprint density at radius 1 is 1.00 bits per heavy atom. The molecular weight excluding hydrogens is 286 g/mol. The molecule has 3 aromatic rings. The monoisotopic (exact) mass is 305 g/mol. The molecule has 1 aromatic carbocycles. The minimum atomic E-state index is 0.674. The van der Waals surface area contributed by atoms with Gasteiger partial charge in [0.05, 0.1) is 0 Å². The Kier molecular flexibility index (Phi) is 4.47.